The van der Waals surface area contributed by atoms with Gasteiger partial charge in [0.15, 0.2) is 0 Å². The molecule has 0 saturated heterocycles. The Balaban J connectivity index is 0. The maximum absolute atomic E-state index is 9.84. The van der Waals surface area contributed by atoms with E-state index >= 15 is 0 Å². The van der Waals surface area contributed by atoms with E-state index < -0.39 is 8.25 Å². The first-order chi connectivity index (χ1) is 3.77. The summed E-state index contributed by atoms with van der Waals surface area (Å²) in [5.41, 5.74) is 0. The van der Waals surface area contributed by atoms with Crippen molar-refractivity contribution in [3.8, 4) is 0 Å². The molecule has 0 saturated carbocycles. The Morgan fingerprint density at radius 1 is 1.67 bits per heavy atom. The van der Waals surface area contributed by atoms with Gasteiger partial charge in [-0.3, -0.25) is 4.57 Å². The molecule has 0 heterocycles. The predicted molar refractivity (Wildman–Crippen MR) is 32.1 cm³/mol. The second-order valence-corrected chi connectivity index (χ2v) is 2.29. The molecule has 0 amide bonds. The number of rotatable bonds is 4. The summed E-state index contributed by atoms with van der Waals surface area (Å²) in [4.78, 5) is 8.10. The summed E-state index contributed by atoms with van der Waals surface area (Å²) in [6, 6.07) is 0. The van der Waals surface area contributed by atoms with Crippen LogP contribution < -0.4 is 0 Å². The number of unbranched alkanes of at least 4 members (excludes halogenated alkanes) is 1. The maximum Gasteiger partial charge on any atom is 0.316 e. The van der Waals surface area contributed by atoms with Gasteiger partial charge in [-0.25, -0.2) is 0 Å². The smallest absolute Gasteiger partial charge is 0.316 e. The van der Waals surface area contributed by atoms with Crippen molar-refractivity contribution in [2.45, 2.75) is 19.8 Å². The number of hydrogen-bond acceptors (Lipinski definition) is 2. The zero-order valence-electron chi connectivity index (χ0n) is 5.24. The fourth-order valence-electron chi connectivity index (χ4n) is 0.304. The summed E-state index contributed by atoms with van der Waals surface area (Å²) in [6.45, 7) is 2.41. The summed E-state index contributed by atoms with van der Waals surface area (Å²) in [5.74, 6) is 0. The summed E-state index contributed by atoms with van der Waals surface area (Å²) in [6.07, 6.45) is 1.85. The average Bonchev–Trinajstić information content (AvgIpc) is 1.66. The first kappa shape index (κ1) is 12.4. The molecular formula is C4H11FeO3P. The minimum absolute atomic E-state index is 0. The van der Waals surface area contributed by atoms with Gasteiger partial charge in [-0.1, -0.05) is 13.3 Å². The van der Waals surface area contributed by atoms with E-state index in [4.69, 9.17) is 4.89 Å². The van der Waals surface area contributed by atoms with Crippen molar-refractivity contribution in [2.75, 3.05) is 6.61 Å². The second kappa shape index (κ2) is 8.67. The molecule has 58 valence electrons. The fourth-order valence-corrected chi connectivity index (χ4v) is 0.623. The molecule has 0 aliphatic heterocycles. The zero-order valence-corrected chi connectivity index (χ0v) is 7.34. The molecule has 1 unspecified atom stereocenters. The Kier molecular flexibility index (Phi) is 11.9. The van der Waals surface area contributed by atoms with E-state index in [2.05, 4.69) is 4.52 Å². The van der Waals surface area contributed by atoms with E-state index in [-0.39, 0.29) is 17.1 Å². The van der Waals surface area contributed by atoms with Crippen LogP contribution in [0, 0.1) is 0 Å². The second-order valence-electron chi connectivity index (χ2n) is 1.47. The molecule has 0 spiro atoms. The van der Waals surface area contributed by atoms with Gasteiger partial charge in [0.25, 0.3) is 0 Å². The summed E-state index contributed by atoms with van der Waals surface area (Å²) < 4.78 is 14.2. The molecule has 0 rings (SSSR count). The third-order valence-corrected chi connectivity index (χ3v) is 1.17. The van der Waals surface area contributed by atoms with E-state index in [1.165, 1.54) is 0 Å². The van der Waals surface area contributed by atoms with Crippen LogP contribution in [0.1, 0.15) is 19.8 Å². The van der Waals surface area contributed by atoms with Crippen molar-refractivity contribution in [1.29, 1.82) is 0 Å². The Hall–Kier alpha value is 0.669. The van der Waals surface area contributed by atoms with Gasteiger partial charge in [0.1, 0.15) is 0 Å². The van der Waals surface area contributed by atoms with Gasteiger partial charge < -0.3 is 9.42 Å². The Morgan fingerprint density at radius 2 is 2.22 bits per heavy atom. The minimum Gasteiger partial charge on any atom is -0.326 e. The third kappa shape index (κ3) is 12.0. The van der Waals surface area contributed by atoms with Crippen molar-refractivity contribution in [3.63, 3.8) is 0 Å². The van der Waals surface area contributed by atoms with Crippen LogP contribution in [-0.2, 0) is 26.2 Å². The van der Waals surface area contributed by atoms with Gasteiger partial charge in [-0.2, -0.15) is 0 Å². The molecule has 0 bridgehead atoms. The van der Waals surface area contributed by atoms with Crippen LogP contribution in [0.15, 0.2) is 0 Å². The van der Waals surface area contributed by atoms with E-state index in [1.54, 1.807) is 0 Å². The van der Waals surface area contributed by atoms with E-state index in [0.29, 0.717) is 6.61 Å². The first-order valence-electron chi connectivity index (χ1n) is 2.63. The van der Waals surface area contributed by atoms with Gasteiger partial charge in [0, 0.05) is 17.1 Å². The molecule has 0 fully saturated rings. The van der Waals surface area contributed by atoms with Crippen molar-refractivity contribution >= 4 is 8.25 Å². The molecule has 3 nitrogen and oxygen atoms in total. The Morgan fingerprint density at radius 3 is 2.56 bits per heavy atom. The molecule has 0 aromatic rings. The standard InChI is InChI=1S/C4H11O3P.Fe/c1-2-3-4-7-8(5)6;/h8H,2-4H2,1H3,(H,5,6);. The van der Waals surface area contributed by atoms with Gasteiger partial charge in [-0.05, 0) is 6.42 Å². The predicted octanol–water partition coefficient (Wildman–Crippen LogP) is 1.18. The Bertz CT molecular complexity index is 78.2. The molecule has 1 atom stereocenters. The normalized spacial score (nSPS) is 12.2. The average molecular weight is 194 g/mol. The van der Waals surface area contributed by atoms with E-state index in [0.717, 1.165) is 12.8 Å². The monoisotopic (exact) mass is 194 g/mol. The Labute approximate surface area is 66.2 Å². The van der Waals surface area contributed by atoms with Gasteiger partial charge >= 0.3 is 8.25 Å². The van der Waals surface area contributed by atoms with Crippen LogP contribution in [0.5, 0.6) is 0 Å². The molecule has 0 aromatic carbocycles. The molecule has 0 radical (unpaired) electrons. The van der Waals surface area contributed by atoms with Crippen LogP contribution in [0.3, 0.4) is 0 Å². The summed E-state index contributed by atoms with van der Waals surface area (Å²) >= 11 is 0. The van der Waals surface area contributed by atoms with Crippen molar-refractivity contribution < 1.29 is 31.1 Å². The van der Waals surface area contributed by atoms with Gasteiger partial charge in [0.2, 0.25) is 0 Å². The molecule has 1 N–H and O–H groups in total. The van der Waals surface area contributed by atoms with Gasteiger partial charge in [0.05, 0.1) is 6.61 Å². The van der Waals surface area contributed by atoms with Crippen LogP contribution in [-0.4, -0.2) is 11.5 Å². The summed E-state index contributed by atoms with van der Waals surface area (Å²) in [5, 5.41) is 0. The topological polar surface area (TPSA) is 46.5 Å². The largest absolute Gasteiger partial charge is 0.326 e. The maximum atomic E-state index is 9.84. The first-order valence-corrected chi connectivity index (χ1v) is 3.89. The van der Waals surface area contributed by atoms with Crippen molar-refractivity contribution in [3.05, 3.63) is 0 Å². The van der Waals surface area contributed by atoms with Crippen molar-refractivity contribution in [1.82, 2.24) is 0 Å². The van der Waals surface area contributed by atoms with E-state index in [9.17, 15) is 4.57 Å². The van der Waals surface area contributed by atoms with Crippen LogP contribution in [0.2, 0.25) is 0 Å². The third-order valence-electron chi connectivity index (χ3n) is 0.723. The van der Waals surface area contributed by atoms with Crippen LogP contribution >= 0.6 is 8.25 Å². The molecule has 5 heteroatoms. The molecule has 0 aromatic heterocycles. The molecule has 0 aliphatic rings. The SMILES string of the molecule is CCCCO[PH](=O)O.[Fe]. The van der Waals surface area contributed by atoms with Crippen LogP contribution in [0.4, 0.5) is 0 Å². The molecular weight excluding hydrogens is 183 g/mol. The van der Waals surface area contributed by atoms with Crippen LogP contribution in [0.25, 0.3) is 0 Å². The van der Waals surface area contributed by atoms with Gasteiger partial charge in [-0.15, -0.1) is 0 Å². The number of hydrogen-bond donors (Lipinski definition) is 1. The molecule has 9 heavy (non-hydrogen) atoms. The summed E-state index contributed by atoms with van der Waals surface area (Å²) in [7, 11) is -2.66. The van der Waals surface area contributed by atoms with E-state index in [1.807, 2.05) is 6.92 Å². The minimum atomic E-state index is -2.66. The molecule has 0 aliphatic carbocycles. The quantitative estimate of drug-likeness (QED) is 0.415. The zero-order chi connectivity index (χ0) is 6.41. The fraction of sp³-hybridized carbons (Fsp3) is 1.00. The van der Waals surface area contributed by atoms with Crippen molar-refractivity contribution in [2.24, 2.45) is 0 Å².